The van der Waals surface area contributed by atoms with Gasteiger partial charge in [-0.25, -0.2) is 0 Å². The van der Waals surface area contributed by atoms with Crippen LogP contribution in [0.2, 0.25) is 0 Å². The molecule has 1 aliphatic carbocycles. The standard InChI is InChI=1S/C48H73NO13/c1-25(2)42-28(5)17-18-47(62-42)23-34-20-33(61-47)16-15-27(4)43(26(3)13-12-14-32-24-55-45-41(50)29(6)19-35(46(51)58-34)48(32,45)52)59-39-22-37(54-11)44(31(8)57-39)60-38-21-36(53-10)40(49-9)30(7)56-38/h12-15,17-19,25-26,28,30-31,33-45,49-50,52H,16,20-24H2,1-11H3/b13-12-,27-15-,32-14?. The summed E-state index contributed by atoms with van der Waals surface area (Å²) in [6.45, 7) is 16.3. The van der Waals surface area contributed by atoms with Crippen molar-refractivity contribution in [2.45, 2.75) is 185 Å². The first-order valence-corrected chi connectivity index (χ1v) is 22.9. The Kier molecular flexibility index (Phi) is 15.1. The van der Waals surface area contributed by atoms with Crippen LogP contribution in [0.25, 0.3) is 0 Å². The van der Waals surface area contributed by atoms with E-state index in [4.69, 9.17) is 47.4 Å². The third-order valence-corrected chi connectivity index (χ3v) is 14.3. The summed E-state index contributed by atoms with van der Waals surface area (Å²) in [6.07, 6.45) is 9.72. The number of carbonyl (C=O) groups excluding carboxylic acids is 1. The summed E-state index contributed by atoms with van der Waals surface area (Å²) in [6, 6.07) is 0.0445. The number of carbonyl (C=O) groups is 1. The van der Waals surface area contributed by atoms with Gasteiger partial charge in [-0.15, -0.1) is 0 Å². The molecule has 4 fully saturated rings. The topological polar surface area (TPSA) is 162 Å². The Morgan fingerprint density at radius 3 is 2.31 bits per heavy atom. The second kappa shape index (κ2) is 19.7. The smallest absolute Gasteiger partial charge is 0.316 e. The van der Waals surface area contributed by atoms with E-state index >= 15 is 0 Å². The fourth-order valence-corrected chi connectivity index (χ4v) is 10.9. The van der Waals surface area contributed by atoms with E-state index in [1.54, 1.807) is 33.3 Å². The van der Waals surface area contributed by atoms with Gasteiger partial charge in [0, 0.05) is 51.7 Å². The molecule has 6 aliphatic heterocycles. The monoisotopic (exact) mass is 872 g/mol. The molecule has 348 valence electrons. The fraction of sp³-hybridized carbons (Fsp3) is 0.771. The van der Waals surface area contributed by atoms with E-state index in [9.17, 15) is 15.0 Å². The van der Waals surface area contributed by atoms with Gasteiger partial charge in [0.15, 0.2) is 18.4 Å². The molecule has 4 saturated heterocycles. The van der Waals surface area contributed by atoms with Crippen molar-refractivity contribution in [1.82, 2.24) is 5.32 Å². The number of aliphatic hydroxyl groups is 2. The van der Waals surface area contributed by atoms with Crippen molar-refractivity contribution >= 4 is 5.97 Å². The van der Waals surface area contributed by atoms with Gasteiger partial charge in [-0.1, -0.05) is 64.2 Å². The first-order valence-electron chi connectivity index (χ1n) is 22.9. The van der Waals surface area contributed by atoms with E-state index in [-0.39, 0.29) is 67.0 Å². The van der Waals surface area contributed by atoms with Crippen LogP contribution in [0.5, 0.6) is 0 Å². The molecular weight excluding hydrogens is 799 g/mol. The van der Waals surface area contributed by atoms with Crippen molar-refractivity contribution in [3.05, 3.63) is 59.3 Å². The van der Waals surface area contributed by atoms with Crippen LogP contribution in [0.3, 0.4) is 0 Å². The highest BCUT2D eigenvalue weighted by molar-refractivity contribution is 5.78. The average Bonchev–Trinajstić information content (AvgIpc) is 3.57. The normalized spacial score (nSPS) is 47.9. The van der Waals surface area contributed by atoms with E-state index in [0.29, 0.717) is 43.3 Å². The Morgan fingerprint density at radius 2 is 1.60 bits per heavy atom. The van der Waals surface area contributed by atoms with Crippen LogP contribution in [0, 0.1) is 23.7 Å². The predicted molar refractivity (Wildman–Crippen MR) is 230 cm³/mol. The Labute approximate surface area is 368 Å². The number of hydrogen-bond acceptors (Lipinski definition) is 14. The zero-order valence-corrected chi connectivity index (χ0v) is 38.6. The molecule has 2 bridgehead atoms. The van der Waals surface area contributed by atoms with Crippen LogP contribution >= 0.6 is 0 Å². The van der Waals surface area contributed by atoms with Crippen LogP contribution < -0.4 is 5.32 Å². The lowest BCUT2D eigenvalue weighted by atomic mass is 9.71. The maximum absolute atomic E-state index is 14.3. The predicted octanol–water partition coefficient (Wildman–Crippen LogP) is 5.21. The largest absolute Gasteiger partial charge is 0.462 e. The van der Waals surface area contributed by atoms with Gasteiger partial charge in [0.1, 0.15) is 35.9 Å². The minimum absolute atomic E-state index is 0.0407. The van der Waals surface area contributed by atoms with Crippen molar-refractivity contribution in [3.63, 3.8) is 0 Å². The molecule has 0 aromatic carbocycles. The second-order valence-electron chi connectivity index (χ2n) is 19.1. The van der Waals surface area contributed by atoms with Crippen LogP contribution in [0.1, 0.15) is 87.5 Å². The molecule has 0 aromatic rings. The summed E-state index contributed by atoms with van der Waals surface area (Å²) < 4.78 is 64.3. The van der Waals surface area contributed by atoms with Gasteiger partial charge in [-0.3, -0.25) is 4.79 Å². The summed E-state index contributed by atoms with van der Waals surface area (Å²) in [5, 5.41) is 27.0. The molecule has 0 radical (unpaired) electrons. The third kappa shape index (κ3) is 9.64. The van der Waals surface area contributed by atoms with Crippen LogP contribution in [-0.2, 0) is 52.2 Å². The van der Waals surface area contributed by atoms with Gasteiger partial charge >= 0.3 is 5.97 Å². The number of allylic oxidation sites excluding steroid dienone is 2. The van der Waals surface area contributed by atoms with Crippen LogP contribution in [0.4, 0.5) is 0 Å². The third-order valence-electron chi connectivity index (χ3n) is 14.3. The number of hydrogen-bond donors (Lipinski definition) is 3. The van der Waals surface area contributed by atoms with Gasteiger partial charge in [0.05, 0.1) is 55.4 Å². The van der Waals surface area contributed by atoms with Crippen molar-refractivity contribution in [1.29, 1.82) is 0 Å². The Hall–Kier alpha value is -2.31. The highest BCUT2D eigenvalue weighted by Gasteiger charge is 2.60. The van der Waals surface area contributed by atoms with Crippen LogP contribution in [0.15, 0.2) is 59.3 Å². The van der Waals surface area contributed by atoms with Gasteiger partial charge in [-0.2, -0.15) is 0 Å². The lowest BCUT2D eigenvalue weighted by Crippen LogP contribution is -2.58. The second-order valence-corrected chi connectivity index (χ2v) is 19.1. The van der Waals surface area contributed by atoms with E-state index in [2.05, 4.69) is 52.1 Å². The fourth-order valence-electron chi connectivity index (χ4n) is 10.9. The number of esters is 1. The molecule has 62 heavy (non-hydrogen) atoms. The molecule has 14 nitrogen and oxygen atoms in total. The van der Waals surface area contributed by atoms with Crippen molar-refractivity contribution < 1.29 is 62.4 Å². The number of aliphatic hydroxyl groups excluding tert-OH is 1. The molecule has 3 N–H and O–H groups in total. The minimum atomic E-state index is -1.83. The number of methoxy groups -OCH3 is 2. The molecule has 0 saturated carbocycles. The Balaban J connectivity index is 1.17. The number of nitrogens with one attached hydrogen (secondary N) is 1. The first kappa shape index (κ1) is 47.6. The van der Waals surface area contributed by atoms with Gasteiger partial charge in [0.25, 0.3) is 0 Å². The molecule has 0 aromatic heterocycles. The Morgan fingerprint density at radius 1 is 0.887 bits per heavy atom. The minimum Gasteiger partial charge on any atom is -0.462 e. The van der Waals surface area contributed by atoms with Crippen molar-refractivity contribution in [3.8, 4) is 0 Å². The zero-order chi connectivity index (χ0) is 44.7. The number of fused-ring (bicyclic) bond motifs is 2. The summed E-state index contributed by atoms with van der Waals surface area (Å²) in [5.74, 6) is -2.56. The number of rotatable bonds is 8. The molecule has 6 heterocycles. The van der Waals surface area contributed by atoms with Crippen LogP contribution in [-0.4, -0.2) is 141 Å². The summed E-state index contributed by atoms with van der Waals surface area (Å²) in [7, 11) is 5.30. The zero-order valence-electron chi connectivity index (χ0n) is 38.6. The van der Waals surface area contributed by atoms with Gasteiger partial charge in [0.2, 0.25) is 0 Å². The highest BCUT2D eigenvalue weighted by Crippen LogP contribution is 2.47. The first-order chi connectivity index (χ1) is 29.5. The maximum atomic E-state index is 14.3. The summed E-state index contributed by atoms with van der Waals surface area (Å²) in [4.78, 5) is 14.3. The molecule has 7 aliphatic rings. The molecule has 0 amide bonds. The van der Waals surface area contributed by atoms with Crippen molar-refractivity contribution in [2.75, 3.05) is 27.9 Å². The van der Waals surface area contributed by atoms with E-state index in [1.165, 1.54) is 0 Å². The maximum Gasteiger partial charge on any atom is 0.316 e. The molecule has 19 unspecified atom stereocenters. The van der Waals surface area contributed by atoms with E-state index < -0.39 is 66.4 Å². The average molecular weight is 872 g/mol. The van der Waals surface area contributed by atoms with Crippen molar-refractivity contribution in [2.24, 2.45) is 23.7 Å². The van der Waals surface area contributed by atoms with E-state index in [1.807, 2.05) is 39.1 Å². The SMILES string of the molecule is CNC1C(C)OC(OC2C(C)OC(OC3/C(C)=C\CC4CC(CC5(C=CC(C)C(C(C)C)O5)O4)OC(=O)C4C=C(C)C(O)C5OCC(=C/C=C\C3C)C45O)CC2OC)CC1OC. The highest BCUT2D eigenvalue weighted by atomic mass is 16.7. The molecule has 7 rings (SSSR count). The quantitative estimate of drug-likeness (QED) is 0.215. The van der Waals surface area contributed by atoms with Gasteiger partial charge in [-0.05, 0) is 69.9 Å². The number of likely N-dealkylation sites (N-methyl/N-ethyl adjacent to an activating group) is 1. The lowest BCUT2D eigenvalue weighted by molar-refractivity contribution is -0.312. The van der Waals surface area contributed by atoms with E-state index in [0.717, 1.165) is 5.57 Å². The van der Waals surface area contributed by atoms with Gasteiger partial charge < -0.3 is 62.9 Å². The molecule has 19 atom stereocenters. The summed E-state index contributed by atoms with van der Waals surface area (Å²) >= 11 is 0. The molecule has 1 spiro atoms. The molecular formula is C48H73NO13. The lowest BCUT2D eigenvalue weighted by Gasteiger charge is -2.48. The Bertz CT molecular complexity index is 1730. The number of ether oxygens (including phenoxy) is 10. The summed E-state index contributed by atoms with van der Waals surface area (Å²) in [5.41, 5.74) is 0.176. The molecule has 14 heteroatoms.